The molecular weight excluding hydrogens is 502 g/mol. The summed E-state index contributed by atoms with van der Waals surface area (Å²) in [5.41, 5.74) is 1.52. The summed E-state index contributed by atoms with van der Waals surface area (Å²) in [5.74, 6) is -0.753. The monoisotopic (exact) mass is 535 g/mol. The Kier molecular flexibility index (Phi) is 11.7. The first-order valence-corrected chi connectivity index (χ1v) is 12.8. The number of aryl methyl sites for hydroxylation is 1. The van der Waals surface area contributed by atoms with Crippen LogP contribution in [0.4, 0.5) is 0 Å². The predicted molar refractivity (Wildman–Crippen MR) is 145 cm³/mol. The van der Waals surface area contributed by atoms with Gasteiger partial charge < -0.3 is 29.7 Å². The average molecular weight is 536 g/mol. The Morgan fingerprint density at radius 1 is 0.718 bits per heavy atom. The van der Waals surface area contributed by atoms with Gasteiger partial charge in [-0.15, -0.1) is 0 Å². The maximum atomic E-state index is 12.1. The van der Waals surface area contributed by atoms with Crippen LogP contribution in [0.5, 0.6) is 17.2 Å². The second-order valence-corrected chi connectivity index (χ2v) is 8.79. The Hall–Kier alpha value is -4.53. The fourth-order valence-corrected chi connectivity index (χ4v) is 3.71. The highest BCUT2D eigenvalue weighted by atomic mass is 16.5. The van der Waals surface area contributed by atoms with Crippen molar-refractivity contribution in [3.63, 3.8) is 0 Å². The molecule has 39 heavy (non-hydrogen) atoms. The van der Waals surface area contributed by atoms with E-state index in [4.69, 9.17) is 19.3 Å². The second kappa shape index (κ2) is 15.7. The molecule has 3 aromatic carbocycles. The van der Waals surface area contributed by atoms with Crippen LogP contribution < -0.4 is 19.5 Å². The van der Waals surface area contributed by atoms with Crippen LogP contribution in [0.15, 0.2) is 72.8 Å². The molecular formula is C30H33NO8. The van der Waals surface area contributed by atoms with Crippen molar-refractivity contribution in [2.24, 2.45) is 0 Å². The lowest BCUT2D eigenvalue weighted by molar-refractivity contribution is -0.137. The standard InChI is InChI=1S/C30H33NO8/c32-28(31-21-29(33)34)20-24-19-23(30(35)36)12-15-27(24)39-18-6-7-22-10-13-26(14-11-22)38-17-5-4-16-37-25-8-2-1-3-9-25/h1-3,8-15,19H,4-7,16-18,20-21H2,(H,31,32)(H,33,34)(H,35,36). The van der Waals surface area contributed by atoms with Crippen LogP contribution in [0.25, 0.3) is 0 Å². The first-order valence-electron chi connectivity index (χ1n) is 12.8. The molecule has 0 fully saturated rings. The molecule has 0 aromatic heterocycles. The van der Waals surface area contributed by atoms with Crippen molar-refractivity contribution >= 4 is 17.8 Å². The SMILES string of the molecule is O=C(O)CNC(=O)Cc1cc(C(=O)O)ccc1OCCCc1ccc(OCCCCOc2ccccc2)cc1. The smallest absolute Gasteiger partial charge is 0.335 e. The molecule has 1 amide bonds. The van der Waals surface area contributed by atoms with Crippen molar-refractivity contribution in [3.8, 4) is 17.2 Å². The van der Waals surface area contributed by atoms with E-state index in [1.807, 2.05) is 54.6 Å². The van der Waals surface area contributed by atoms with Crippen molar-refractivity contribution in [2.45, 2.75) is 32.1 Å². The molecule has 3 rings (SSSR count). The minimum absolute atomic E-state index is 0.0196. The predicted octanol–water partition coefficient (Wildman–Crippen LogP) is 4.38. The summed E-state index contributed by atoms with van der Waals surface area (Å²) in [6.07, 6.45) is 3.07. The molecule has 0 radical (unpaired) electrons. The average Bonchev–Trinajstić information content (AvgIpc) is 2.93. The van der Waals surface area contributed by atoms with E-state index in [1.165, 1.54) is 18.2 Å². The number of amides is 1. The summed E-state index contributed by atoms with van der Waals surface area (Å²) in [6.45, 7) is 1.11. The highest BCUT2D eigenvalue weighted by Crippen LogP contribution is 2.22. The molecule has 0 atom stereocenters. The van der Waals surface area contributed by atoms with Crippen LogP contribution in [0, 0.1) is 0 Å². The summed E-state index contributed by atoms with van der Waals surface area (Å²) >= 11 is 0. The molecule has 0 heterocycles. The van der Waals surface area contributed by atoms with Crippen LogP contribution in [-0.4, -0.2) is 54.4 Å². The third-order valence-corrected chi connectivity index (χ3v) is 5.71. The number of aromatic carboxylic acids is 1. The normalized spacial score (nSPS) is 10.5. The molecule has 3 aromatic rings. The van der Waals surface area contributed by atoms with E-state index in [0.29, 0.717) is 37.6 Å². The fourth-order valence-electron chi connectivity index (χ4n) is 3.71. The van der Waals surface area contributed by atoms with E-state index in [2.05, 4.69) is 5.32 Å². The summed E-state index contributed by atoms with van der Waals surface area (Å²) < 4.78 is 17.3. The quantitative estimate of drug-likeness (QED) is 0.217. The van der Waals surface area contributed by atoms with Gasteiger partial charge in [-0.25, -0.2) is 4.79 Å². The first-order chi connectivity index (χ1) is 18.9. The number of hydrogen-bond acceptors (Lipinski definition) is 6. The van der Waals surface area contributed by atoms with Crippen LogP contribution >= 0.6 is 0 Å². The maximum Gasteiger partial charge on any atom is 0.335 e. The number of nitrogens with one attached hydrogen (secondary N) is 1. The van der Waals surface area contributed by atoms with Crippen LogP contribution in [0.1, 0.15) is 40.7 Å². The van der Waals surface area contributed by atoms with E-state index in [-0.39, 0.29) is 12.0 Å². The number of aliphatic carboxylic acids is 1. The summed E-state index contributed by atoms with van der Waals surface area (Å²) in [5, 5.41) is 20.3. The van der Waals surface area contributed by atoms with Gasteiger partial charge in [0.2, 0.25) is 5.91 Å². The van der Waals surface area contributed by atoms with Gasteiger partial charge in [0.05, 0.1) is 31.8 Å². The topological polar surface area (TPSA) is 131 Å². The molecule has 0 aliphatic rings. The largest absolute Gasteiger partial charge is 0.494 e. The molecule has 9 heteroatoms. The molecule has 0 unspecified atom stereocenters. The number of hydrogen-bond donors (Lipinski definition) is 3. The molecule has 3 N–H and O–H groups in total. The number of para-hydroxylation sites is 1. The first kappa shape index (κ1) is 29.0. The van der Waals surface area contributed by atoms with Gasteiger partial charge in [-0.3, -0.25) is 9.59 Å². The number of rotatable bonds is 17. The van der Waals surface area contributed by atoms with Crippen LogP contribution in [0.3, 0.4) is 0 Å². The van der Waals surface area contributed by atoms with E-state index >= 15 is 0 Å². The van der Waals surface area contributed by atoms with Gasteiger partial charge in [-0.1, -0.05) is 30.3 Å². The Labute approximate surface area is 227 Å². The molecule has 0 bridgehead atoms. The number of carboxylic acid groups (broad SMARTS) is 2. The molecule has 206 valence electrons. The Bertz CT molecular complexity index is 1210. The van der Waals surface area contributed by atoms with E-state index in [1.54, 1.807) is 0 Å². The minimum atomic E-state index is -1.16. The van der Waals surface area contributed by atoms with Gasteiger partial charge in [-0.2, -0.15) is 0 Å². The van der Waals surface area contributed by atoms with Crippen molar-refractivity contribution in [2.75, 3.05) is 26.4 Å². The molecule has 0 saturated heterocycles. The number of ether oxygens (including phenoxy) is 3. The zero-order chi connectivity index (χ0) is 27.9. The van der Waals surface area contributed by atoms with Crippen molar-refractivity contribution in [1.29, 1.82) is 0 Å². The number of carbonyl (C=O) groups excluding carboxylic acids is 1. The zero-order valence-corrected chi connectivity index (χ0v) is 21.6. The van der Waals surface area contributed by atoms with Gasteiger partial charge in [0.25, 0.3) is 0 Å². The maximum absolute atomic E-state index is 12.1. The molecule has 0 aliphatic heterocycles. The summed E-state index contributed by atoms with van der Waals surface area (Å²) in [6, 6.07) is 21.9. The van der Waals surface area contributed by atoms with Crippen LogP contribution in [-0.2, 0) is 22.4 Å². The lowest BCUT2D eigenvalue weighted by atomic mass is 10.1. The third-order valence-electron chi connectivity index (χ3n) is 5.71. The third kappa shape index (κ3) is 10.8. The van der Waals surface area contributed by atoms with Gasteiger partial charge >= 0.3 is 11.9 Å². The number of benzene rings is 3. The zero-order valence-electron chi connectivity index (χ0n) is 21.6. The Balaban J connectivity index is 1.38. The van der Waals surface area contributed by atoms with E-state index in [0.717, 1.165) is 36.3 Å². The number of carbonyl (C=O) groups is 3. The van der Waals surface area contributed by atoms with Crippen molar-refractivity contribution < 1.29 is 38.8 Å². The second-order valence-electron chi connectivity index (χ2n) is 8.79. The van der Waals surface area contributed by atoms with Gasteiger partial charge in [-0.05, 0) is 73.7 Å². The lowest BCUT2D eigenvalue weighted by Crippen LogP contribution is -2.30. The van der Waals surface area contributed by atoms with Crippen LogP contribution in [0.2, 0.25) is 0 Å². The fraction of sp³-hybridized carbons (Fsp3) is 0.300. The van der Waals surface area contributed by atoms with Gasteiger partial charge in [0, 0.05) is 5.56 Å². The van der Waals surface area contributed by atoms with Crippen molar-refractivity contribution in [1.82, 2.24) is 5.32 Å². The minimum Gasteiger partial charge on any atom is -0.494 e. The highest BCUT2D eigenvalue weighted by molar-refractivity contribution is 5.89. The van der Waals surface area contributed by atoms with E-state index < -0.39 is 24.4 Å². The van der Waals surface area contributed by atoms with Gasteiger partial charge in [0.15, 0.2) is 0 Å². The number of unbranched alkanes of at least 4 members (excludes halogenated alkanes) is 1. The van der Waals surface area contributed by atoms with E-state index in [9.17, 15) is 19.5 Å². The van der Waals surface area contributed by atoms with Gasteiger partial charge in [0.1, 0.15) is 23.8 Å². The molecule has 0 spiro atoms. The highest BCUT2D eigenvalue weighted by Gasteiger charge is 2.14. The number of carboxylic acids is 2. The molecule has 0 saturated carbocycles. The van der Waals surface area contributed by atoms with Crippen molar-refractivity contribution in [3.05, 3.63) is 89.5 Å². The summed E-state index contributed by atoms with van der Waals surface area (Å²) in [7, 11) is 0. The summed E-state index contributed by atoms with van der Waals surface area (Å²) in [4.78, 5) is 34.1. The molecule has 0 aliphatic carbocycles. The lowest BCUT2D eigenvalue weighted by Gasteiger charge is -2.13. The molecule has 9 nitrogen and oxygen atoms in total. The Morgan fingerprint density at radius 3 is 2.00 bits per heavy atom. The Morgan fingerprint density at radius 2 is 1.36 bits per heavy atom.